The fourth-order valence-electron chi connectivity index (χ4n) is 2.80. The van der Waals surface area contributed by atoms with Gasteiger partial charge in [-0.3, -0.25) is 0 Å². The van der Waals surface area contributed by atoms with E-state index < -0.39 is 9.84 Å². The Morgan fingerprint density at radius 2 is 2.00 bits per heavy atom. The molecule has 112 valence electrons. The molecule has 1 aliphatic carbocycles. The van der Waals surface area contributed by atoms with Crippen molar-refractivity contribution in [3.05, 3.63) is 35.4 Å². The number of nitrogens with one attached hydrogen (secondary N) is 1. The maximum Gasteiger partial charge on any atom is 0.149 e. The van der Waals surface area contributed by atoms with Crippen LogP contribution in [0.15, 0.2) is 24.3 Å². The lowest BCUT2D eigenvalue weighted by molar-refractivity contribution is 0.413. The van der Waals surface area contributed by atoms with E-state index in [1.807, 2.05) is 6.07 Å². The lowest BCUT2D eigenvalue weighted by atomic mass is 9.77. The van der Waals surface area contributed by atoms with Gasteiger partial charge in [0.05, 0.1) is 5.75 Å². The quantitative estimate of drug-likeness (QED) is 0.841. The van der Waals surface area contributed by atoms with Crippen LogP contribution in [0.2, 0.25) is 0 Å². The van der Waals surface area contributed by atoms with Crippen molar-refractivity contribution in [3.63, 3.8) is 0 Å². The predicted octanol–water partition coefficient (Wildman–Crippen LogP) is 3.04. The minimum atomic E-state index is -3.00. The van der Waals surface area contributed by atoms with E-state index in [0.717, 1.165) is 13.0 Å². The Bertz CT molecular complexity index is 535. The highest BCUT2D eigenvalue weighted by Crippen LogP contribution is 2.39. The van der Waals surface area contributed by atoms with Crippen molar-refractivity contribution in [1.82, 2.24) is 5.32 Å². The van der Waals surface area contributed by atoms with E-state index in [0.29, 0.717) is 5.92 Å². The van der Waals surface area contributed by atoms with E-state index in [1.54, 1.807) is 0 Å². The molecule has 1 fully saturated rings. The van der Waals surface area contributed by atoms with Gasteiger partial charge in [0.15, 0.2) is 0 Å². The van der Waals surface area contributed by atoms with Gasteiger partial charge in [-0.15, -0.1) is 0 Å². The third-order valence-corrected chi connectivity index (χ3v) is 4.97. The molecule has 0 aliphatic heterocycles. The highest BCUT2D eigenvalue weighted by atomic mass is 32.2. The van der Waals surface area contributed by atoms with Crippen LogP contribution in [0.3, 0.4) is 0 Å². The Morgan fingerprint density at radius 1 is 1.30 bits per heavy atom. The SMILES string of the molecule is CCCNC(CS(C)(=O)=O)c1ccccc1C1CCC1. The van der Waals surface area contributed by atoms with Gasteiger partial charge in [0, 0.05) is 12.3 Å². The Hall–Kier alpha value is -0.870. The van der Waals surface area contributed by atoms with Crippen LogP contribution in [0.4, 0.5) is 0 Å². The second-order valence-electron chi connectivity index (χ2n) is 5.86. The van der Waals surface area contributed by atoms with E-state index >= 15 is 0 Å². The molecule has 1 saturated carbocycles. The van der Waals surface area contributed by atoms with Gasteiger partial charge in [0.2, 0.25) is 0 Å². The van der Waals surface area contributed by atoms with Crippen molar-refractivity contribution >= 4 is 9.84 Å². The first-order chi connectivity index (χ1) is 9.51. The average Bonchev–Trinajstić information content (AvgIpc) is 2.32. The predicted molar refractivity (Wildman–Crippen MR) is 83.8 cm³/mol. The summed E-state index contributed by atoms with van der Waals surface area (Å²) in [5.74, 6) is 0.799. The van der Waals surface area contributed by atoms with Crippen LogP contribution in [0, 0.1) is 0 Å². The van der Waals surface area contributed by atoms with Gasteiger partial charge in [-0.1, -0.05) is 37.6 Å². The summed E-state index contributed by atoms with van der Waals surface area (Å²) in [6.07, 6.45) is 6.08. The molecule has 1 N–H and O–H groups in total. The maximum atomic E-state index is 11.7. The zero-order chi connectivity index (χ0) is 14.6. The van der Waals surface area contributed by atoms with Crippen molar-refractivity contribution in [3.8, 4) is 0 Å². The summed E-state index contributed by atoms with van der Waals surface area (Å²) in [6.45, 7) is 2.95. The van der Waals surface area contributed by atoms with Crippen LogP contribution in [0.5, 0.6) is 0 Å². The Labute approximate surface area is 122 Å². The largest absolute Gasteiger partial charge is 0.309 e. The average molecular weight is 295 g/mol. The van der Waals surface area contributed by atoms with Crippen LogP contribution >= 0.6 is 0 Å². The molecule has 0 spiro atoms. The molecule has 1 unspecified atom stereocenters. The van der Waals surface area contributed by atoms with Crippen LogP contribution < -0.4 is 5.32 Å². The fraction of sp³-hybridized carbons (Fsp3) is 0.625. The standard InChI is InChI=1S/C16H25NO2S/c1-3-11-17-16(12-20(2,18)19)15-10-5-4-9-14(15)13-7-6-8-13/h4-5,9-10,13,16-17H,3,6-8,11-12H2,1-2H3. The maximum absolute atomic E-state index is 11.7. The highest BCUT2D eigenvalue weighted by Gasteiger charge is 2.26. The van der Waals surface area contributed by atoms with Crippen LogP contribution in [-0.4, -0.2) is 27.0 Å². The van der Waals surface area contributed by atoms with Crippen molar-refractivity contribution in [1.29, 1.82) is 0 Å². The Kier molecular flexibility index (Phi) is 5.22. The van der Waals surface area contributed by atoms with Crippen molar-refractivity contribution < 1.29 is 8.42 Å². The summed E-state index contributed by atoms with van der Waals surface area (Å²) < 4.78 is 23.4. The summed E-state index contributed by atoms with van der Waals surface area (Å²) in [5.41, 5.74) is 2.52. The Balaban J connectivity index is 2.27. The molecule has 2 rings (SSSR count). The molecule has 0 aromatic heterocycles. The molecule has 0 radical (unpaired) electrons. The zero-order valence-corrected chi connectivity index (χ0v) is 13.2. The van der Waals surface area contributed by atoms with Crippen molar-refractivity contribution in [2.24, 2.45) is 0 Å². The molecule has 0 amide bonds. The molecule has 1 aromatic rings. The normalized spacial score (nSPS) is 17.7. The van der Waals surface area contributed by atoms with Crippen LogP contribution in [0.1, 0.15) is 55.7 Å². The number of hydrogen-bond donors (Lipinski definition) is 1. The third-order valence-electron chi connectivity index (χ3n) is 4.03. The first-order valence-electron chi connectivity index (χ1n) is 7.51. The molecule has 0 heterocycles. The molecule has 1 aliphatic rings. The summed E-state index contributed by atoms with van der Waals surface area (Å²) in [5, 5.41) is 3.41. The van der Waals surface area contributed by atoms with Gasteiger partial charge in [0.1, 0.15) is 9.84 Å². The summed E-state index contributed by atoms with van der Waals surface area (Å²) in [4.78, 5) is 0. The van der Waals surface area contributed by atoms with E-state index in [4.69, 9.17) is 0 Å². The van der Waals surface area contributed by atoms with E-state index in [9.17, 15) is 8.42 Å². The molecule has 3 nitrogen and oxygen atoms in total. The first kappa shape index (κ1) is 15.5. The van der Waals surface area contributed by atoms with Crippen molar-refractivity contribution in [2.45, 2.75) is 44.6 Å². The minimum Gasteiger partial charge on any atom is -0.309 e. The number of sulfone groups is 1. The molecular weight excluding hydrogens is 270 g/mol. The van der Waals surface area contributed by atoms with E-state index in [1.165, 1.54) is 36.6 Å². The summed E-state index contributed by atoms with van der Waals surface area (Å²) in [7, 11) is -3.00. The smallest absolute Gasteiger partial charge is 0.149 e. The van der Waals surface area contributed by atoms with E-state index in [-0.39, 0.29) is 11.8 Å². The van der Waals surface area contributed by atoms with Gasteiger partial charge >= 0.3 is 0 Å². The summed E-state index contributed by atoms with van der Waals surface area (Å²) in [6, 6.07) is 8.25. The minimum absolute atomic E-state index is 0.0817. The van der Waals surface area contributed by atoms with Gasteiger partial charge in [-0.25, -0.2) is 8.42 Å². The molecule has 1 atom stereocenters. The van der Waals surface area contributed by atoms with Crippen LogP contribution in [0.25, 0.3) is 0 Å². The van der Waals surface area contributed by atoms with Gasteiger partial charge < -0.3 is 5.32 Å². The molecule has 0 saturated heterocycles. The third kappa shape index (κ3) is 4.06. The van der Waals surface area contributed by atoms with Gasteiger partial charge in [0.25, 0.3) is 0 Å². The highest BCUT2D eigenvalue weighted by molar-refractivity contribution is 7.90. The van der Waals surface area contributed by atoms with Gasteiger partial charge in [-0.05, 0) is 42.9 Å². The molecular formula is C16H25NO2S. The second kappa shape index (κ2) is 6.72. The van der Waals surface area contributed by atoms with Crippen LogP contribution in [-0.2, 0) is 9.84 Å². The summed E-state index contributed by atoms with van der Waals surface area (Å²) >= 11 is 0. The zero-order valence-electron chi connectivity index (χ0n) is 12.4. The fourth-order valence-corrected chi connectivity index (χ4v) is 3.70. The number of benzene rings is 1. The van der Waals surface area contributed by atoms with Gasteiger partial charge in [-0.2, -0.15) is 0 Å². The topological polar surface area (TPSA) is 46.2 Å². The molecule has 4 heteroatoms. The number of hydrogen-bond acceptors (Lipinski definition) is 3. The first-order valence-corrected chi connectivity index (χ1v) is 9.57. The monoisotopic (exact) mass is 295 g/mol. The van der Waals surface area contributed by atoms with Crippen molar-refractivity contribution in [2.75, 3.05) is 18.6 Å². The second-order valence-corrected chi connectivity index (χ2v) is 8.04. The Morgan fingerprint density at radius 3 is 2.55 bits per heavy atom. The lowest BCUT2D eigenvalue weighted by Crippen LogP contribution is -2.30. The lowest BCUT2D eigenvalue weighted by Gasteiger charge is -2.30. The van der Waals surface area contributed by atoms with E-state index in [2.05, 4.69) is 30.4 Å². The molecule has 1 aromatic carbocycles. The molecule has 20 heavy (non-hydrogen) atoms. The molecule has 0 bridgehead atoms. The number of rotatable bonds is 7.